The summed E-state index contributed by atoms with van der Waals surface area (Å²) in [6.45, 7) is 4.96. The van der Waals surface area contributed by atoms with Crippen molar-refractivity contribution in [1.29, 1.82) is 0 Å². The van der Waals surface area contributed by atoms with E-state index < -0.39 is 0 Å². The predicted molar refractivity (Wildman–Crippen MR) is 82.3 cm³/mol. The Morgan fingerprint density at radius 2 is 2.24 bits per heavy atom. The molecule has 0 aliphatic carbocycles. The lowest BCUT2D eigenvalue weighted by Gasteiger charge is -2.35. The van der Waals surface area contributed by atoms with Crippen molar-refractivity contribution >= 4 is 11.0 Å². The van der Waals surface area contributed by atoms with Crippen molar-refractivity contribution in [1.82, 2.24) is 10.2 Å². The first-order valence-electron chi connectivity index (χ1n) is 7.91. The summed E-state index contributed by atoms with van der Waals surface area (Å²) < 4.78 is 11.5. The highest BCUT2D eigenvalue weighted by Crippen LogP contribution is 2.23. The van der Waals surface area contributed by atoms with Crippen molar-refractivity contribution in [2.24, 2.45) is 0 Å². The van der Waals surface area contributed by atoms with Crippen molar-refractivity contribution in [3.05, 3.63) is 36.1 Å². The van der Waals surface area contributed by atoms with E-state index in [0.29, 0.717) is 12.1 Å². The van der Waals surface area contributed by atoms with E-state index in [1.807, 2.05) is 18.4 Å². The first kappa shape index (κ1) is 13.3. The van der Waals surface area contributed by atoms with Gasteiger partial charge in [0.1, 0.15) is 5.58 Å². The van der Waals surface area contributed by atoms with Crippen molar-refractivity contribution < 1.29 is 9.15 Å². The van der Waals surface area contributed by atoms with Crippen molar-refractivity contribution in [2.75, 3.05) is 26.2 Å². The number of benzene rings is 1. The van der Waals surface area contributed by atoms with Crippen molar-refractivity contribution in [3.63, 3.8) is 0 Å². The number of ether oxygens (including phenoxy) is 1. The second-order valence-electron chi connectivity index (χ2n) is 6.13. The number of furan rings is 1. The molecule has 4 nitrogen and oxygen atoms in total. The Morgan fingerprint density at radius 3 is 3.24 bits per heavy atom. The van der Waals surface area contributed by atoms with Gasteiger partial charge in [-0.15, -0.1) is 0 Å². The molecule has 2 atom stereocenters. The number of nitrogens with one attached hydrogen (secondary N) is 1. The van der Waals surface area contributed by atoms with Gasteiger partial charge in [-0.3, -0.25) is 4.90 Å². The third-order valence-electron chi connectivity index (χ3n) is 4.71. The fourth-order valence-corrected chi connectivity index (χ4v) is 3.55. The van der Waals surface area contributed by atoms with Crippen LogP contribution in [0.2, 0.25) is 0 Å². The Labute approximate surface area is 125 Å². The molecule has 1 aromatic carbocycles. The summed E-state index contributed by atoms with van der Waals surface area (Å²) in [4.78, 5) is 2.59. The number of para-hydroxylation sites is 1. The van der Waals surface area contributed by atoms with Crippen LogP contribution in [0.15, 0.2) is 34.9 Å². The molecule has 0 bridgehead atoms. The molecular weight excluding hydrogens is 264 g/mol. The molecular formula is C17H22N2O2. The number of rotatable bonds is 4. The molecule has 2 aliphatic rings. The molecule has 1 aromatic heterocycles. The summed E-state index contributed by atoms with van der Waals surface area (Å²) in [6, 6.07) is 8.86. The SMILES string of the molecule is c1ccc2c(CNCC3CN4CCCC4CO3)coc2c1. The Hall–Kier alpha value is -1.36. The first-order chi connectivity index (χ1) is 10.4. The Morgan fingerprint density at radius 1 is 1.29 bits per heavy atom. The average molecular weight is 286 g/mol. The van der Waals surface area contributed by atoms with E-state index in [-0.39, 0.29) is 0 Å². The van der Waals surface area contributed by atoms with Gasteiger partial charge in [0, 0.05) is 36.6 Å². The van der Waals surface area contributed by atoms with Crippen LogP contribution in [0.5, 0.6) is 0 Å². The standard InChI is InChI=1S/C17H22N2O2/c1-2-6-17-16(5-1)13(11-21-17)8-18-9-15-10-19-7-3-4-14(19)12-20-15/h1-2,5-6,11,14-15,18H,3-4,7-10,12H2. The van der Waals surface area contributed by atoms with Gasteiger partial charge in [-0.2, -0.15) is 0 Å². The lowest BCUT2D eigenvalue weighted by atomic mass is 10.1. The highest BCUT2D eigenvalue weighted by molar-refractivity contribution is 5.80. The van der Waals surface area contributed by atoms with Gasteiger partial charge in [0.25, 0.3) is 0 Å². The van der Waals surface area contributed by atoms with E-state index in [1.165, 1.54) is 30.3 Å². The minimum atomic E-state index is 0.317. The number of fused-ring (bicyclic) bond motifs is 2. The molecule has 4 rings (SSSR count). The van der Waals surface area contributed by atoms with Crippen LogP contribution < -0.4 is 5.32 Å². The molecule has 2 saturated heterocycles. The van der Waals surface area contributed by atoms with Gasteiger partial charge >= 0.3 is 0 Å². The van der Waals surface area contributed by atoms with Crippen LogP contribution in [-0.2, 0) is 11.3 Å². The largest absolute Gasteiger partial charge is 0.464 e. The summed E-state index contributed by atoms with van der Waals surface area (Å²) in [5.74, 6) is 0. The number of hydrogen-bond donors (Lipinski definition) is 1. The highest BCUT2D eigenvalue weighted by atomic mass is 16.5. The molecule has 2 fully saturated rings. The summed E-state index contributed by atoms with van der Waals surface area (Å²) in [6.07, 6.45) is 4.81. The molecule has 21 heavy (non-hydrogen) atoms. The van der Waals surface area contributed by atoms with Crippen molar-refractivity contribution in [2.45, 2.75) is 31.5 Å². The van der Waals surface area contributed by atoms with Gasteiger partial charge in [0.05, 0.1) is 19.0 Å². The normalized spacial score (nSPS) is 26.3. The zero-order chi connectivity index (χ0) is 14.1. The average Bonchev–Trinajstić information content (AvgIpc) is 3.14. The topological polar surface area (TPSA) is 37.6 Å². The maximum absolute atomic E-state index is 5.97. The van der Waals surface area contributed by atoms with Crippen LogP contribution in [0, 0.1) is 0 Å². The van der Waals surface area contributed by atoms with Crippen LogP contribution >= 0.6 is 0 Å². The summed E-state index contributed by atoms with van der Waals surface area (Å²) in [5.41, 5.74) is 2.18. The maximum atomic E-state index is 5.97. The predicted octanol–water partition coefficient (Wildman–Crippen LogP) is 2.39. The number of morpholine rings is 1. The second kappa shape index (κ2) is 5.79. The van der Waals surface area contributed by atoms with Crippen LogP contribution in [-0.4, -0.2) is 43.3 Å². The second-order valence-corrected chi connectivity index (χ2v) is 6.13. The molecule has 112 valence electrons. The summed E-state index contributed by atoms with van der Waals surface area (Å²) in [5, 5.41) is 4.72. The van der Waals surface area contributed by atoms with E-state index in [2.05, 4.69) is 22.3 Å². The molecule has 0 saturated carbocycles. The van der Waals surface area contributed by atoms with E-state index >= 15 is 0 Å². The van der Waals surface area contributed by atoms with Crippen LogP contribution in [0.1, 0.15) is 18.4 Å². The van der Waals surface area contributed by atoms with Gasteiger partial charge in [-0.25, -0.2) is 0 Å². The highest BCUT2D eigenvalue weighted by Gasteiger charge is 2.31. The van der Waals surface area contributed by atoms with Gasteiger partial charge in [-0.1, -0.05) is 18.2 Å². The minimum Gasteiger partial charge on any atom is -0.464 e. The Balaban J connectivity index is 1.31. The monoisotopic (exact) mass is 286 g/mol. The summed E-state index contributed by atoms with van der Waals surface area (Å²) >= 11 is 0. The maximum Gasteiger partial charge on any atom is 0.134 e. The Bertz CT molecular complexity index is 610. The fourth-order valence-electron chi connectivity index (χ4n) is 3.55. The smallest absolute Gasteiger partial charge is 0.134 e. The Kier molecular flexibility index (Phi) is 3.67. The molecule has 4 heteroatoms. The lowest BCUT2D eigenvalue weighted by Crippen LogP contribution is -2.49. The number of hydrogen-bond acceptors (Lipinski definition) is 4. The van der Waals surface area contributed by atoms with Gasteiger partial charge in [0.15, 0.2) is 0 Å². The van der Waals surface area contributed by atoms with E-state index in [9.17, 15) is 0 Å². The molecule has 0 spiro atoms. The van der Waals surface area contributed by atoms with Crippen LogP contribution in [0.4, 0.5) is 0 Å². The van der Waals surface area contributed by atoms with Crippen LogP contribution in [0.3, 0.4) is 0 Å². The van der Waals surface area contributed by atoms with Crippen molar-refractivity contribution in [3.8, 4) is 0 Å². The zero-order valence-electron chi connectivity index (χ0n) is 12.3. The fraction of sp³-hybridized carbons (Fsp3) is 0.529. The van der Waals surface area contributed by atoms with Gasteiger partial charge in [0.2, 0.25) is 0 Å². The molecule has 2 unspecified atom stereocenters. The third kappa shape index (κ3) is 2.71. The van der Waals surface area contributed by atoms with E-state index in [0.717, 1.165) is 31.8 Å². The quantitative estimate of drug-likeness (QED) is 0.936. The molecule has 0 amide bonds. The minimum absolute atomic E-state index is 0.317. The lowest BCUT2D eigenvalue weighted by molar-refractivity contribution is -0.0470. The number of nitrogens with zero attached hydrogens (tertiary/aromatic N) is 1. The van der Waals surface area contributed by atoms with Gasteiger partial charge in [-0.05, 0) is 25.5 Å². The zero-order valence-corrected chi connectivity index (χ0v) is 12.3. The van der Waals surface area contributed by atoms with Gasteiger partial charge < -0.3 is 14.5 Å². The molecule has 2 aliphatic heterocycles. The first-order valence-corrected chi connectivity index (χ1v) is 7.91. The molecule has 0 radical (unpaired) electrons. The van der Waals surface area contributed by atoms with Crippen LogP contribution in [0.25, 0.3) is 11.0 Å². The summed E-state index contributed by atoms with van der Waals surface area (Å²) in [7, 11) is 0. The third-order valence-corrected chi connectivity index (χ3v) is 4.71. The molecule has 3 heterocycles. The molecule has 1 N–H and O–H groups in total. The molecule has 2 aromatic rings. The van der Waals surface area contributed by atoms with E-state index in [1.54, 1.807) is 0 Å². The van der Waals surface area contributed by atoms with E-state index in [4.69, 9.17) is 9.15 Å².